The highest BCUT2D eigenvalue weighted by Crippen LogP contribution is 2.21. The maximum atomic E-state index is 14.0. The molecular formula is C20H23FN4OS. The molecule has 0 unspecified atom stereocenters. The van der Waals surface area contributed by atoms with E-state index in [0.29, 0.717) is 25.2 Å². The fourth-order valence-corrected chi connectivity index (χ4v) is 3.57. The normalized spacial score (nSPS) is 11.1. The van der Waals surface area contributed by atoms with E-state index in [-0.39, 0.29) is 18.4 Å². The highest BCUT2D eigenvalue weighted by molar-refractivity contribution is 7.18. The number of carbonyl (C=O) groups excluding carboxylic acids is 1. The Kier molecular flexibility index (Phi) is 6.36. The van der Waals surface area contributed by atoms with Crippen LogP contribution in [0.2, 0.25) is 0 Å². The SMILES string of the molecule is CN(C)CCN(Cc1ccccc1F)C(=O)NCc1nc2ccccc2s1. The van der Waals surface area contributed by atoms with E-state index in [2.05, 4.69) is 10.3 Å². The average molecular weight is 386 g/mol. The molecule has 0 aliphatic heterocycles. The summed E-state index contributed by atoms with van der Waals surface area (Å²) in [6.45, 7) is 1.79. The van der Waals surface area contributed by atoms with E-state index in [9.17, 15) is 9.18 Å². The van der Waals surface area contributed by atoms with Crippen molar-refractivity contribution >= 4 is 27.6 Å². The zero-order valence-electron chi connectivity index (χ0n) is 15.5. The molecule has 142 valence electrons. The maximum Gasteiger partial charge on any atom is 0.318 e. The summed E-state index contributed by atoms with van der Waals surface area (Å²) in [5, 5.41) is 3.77. The molecule has 7 heteroatoms. The van der Waals surface area contributed by atoms with Crippen LogP contribution in [0.5, 0.6) is 0 Å². The van der Waals surface area contributed by atoms with Crippen LogP contribution in [0.1, 0.15) is 10.6 Å². The number of nitrogens with one attached hydrogen (secondary N) is 1. The van der Waals surface area contributed by atoms with Gasteiger partial charge in [0.25, 0.3) is 0 Å². The first-order valence-corrected chi connectivity index (χ1v) is 9.60. The van der Waals surface area contributed by atoms with Crippen LogP contribution in [-0.2, 0) is 13.1 Å². The number of amides is 2. The molecule has 0 saturated heterocycles. The topological polar surface area (TPSA) is 48.5 Å². The monoisotopic (exact) mass is 386 g/mol. The van der Waals surface area contributed by atoms with Gasteiger partial charge >= 0.3 is 6.03 Å². The zero-order valence-corrected chi connectivity index (χ0v) is 16.3. The Morgan fingerprint density at radius 3 is 2.59 bits per heavy atom. The van der Waals surface area contributed by atoms with E-state index in [0.717, 1.165) is 15.2 Å². The summed E-state index contributed by atoms with van der Waals surface area (Å²) in [5.41, 5.74) is 1.44. The number of hydrogen-bond acceptors (Lipinski definition) is 4. The number of thiazole rings is 1. The molecule has 0 spiro atoms. The number of benzene rings is 2. The molecule has 0 aliphatic carbocycles. The van der Waals surface area contributed by atoms with Crippen molar-refractivity contribution in [3.8, 4) is 0 Å². The molecule has 0 saturated carbocycles. The second-order valence-corrected chi connectivity index (χ2v) is 7.67. The minimum atomic E-state index is -0.300. The molecular weight excluding hydrogens is 363 g/mol. The molecule has 0 fully saturated rings. The molecule has 0 aliphatic rings. The van der Waals surface area contributed by atoms with Crippen LogP contribution in [0, 0.1) is 5.82 Å². The molecule has 3 rings (SSSR count). The minimum Gasteiger partial charge on any atom is -0.331 e. The van der Waals surface area contributed by atoms with E-state index in [1.807, 2.05) is 43.3 Å². The lowest BCUT2D eigenvalue weighted by molar-refractivity contribution is 0.187. The molecule has 3 aromatic rings. The third-order valence-electron chi connectivity index (χ3n) is 4.15. The second-order valence-electron chi connectivity index (χ2n) is 6.55. The lowest BCUT2D eigenvalue weighted by Gasteiger charge is -2.25. The summed E-state index contributed by atoms with van der Waals surface area (Å²) in [5.74, 6) is -0.300. The molecule has 1 N–H and O–H groups in total. The summed E-state index contributed by atoms with van der Waals surface area (Å²) in [6, 6.07) is 14.2. The molecule has 0 bridgehead atoms. The van der Waals surface area contributed by atoms with Crippen molar-refractivity contribution in [1.82, 2.24) is 20.1 Å². The van der Waals surface area contributed by atoms with Crippen molar-refractivity contribution in [2.45, 2.75) is 13.1 Å². The summed E-state index contributed by atoms with van der Waals surface area (Å²) in [4.78, 5) is 20.9. The Balaban J connectivity index is 1.66. The van der Waals surface area contributed by atoms with E-state index in [4.69, 9.17) is 0 Å². The maximum absolute atomic E-state index is 14.0. The lowest BCUT2D eigenvalue weighted by atomic mass is 10.2. The van der Waals surface area contributed by atoms with Crippen LogP contribution >= 0.6 is 11.3 Å². The van der Waals surface area contributed by atoms with Crippen molar-refractivity contribution in [3.63, 3.8) is 0 Å². The van der Waals surface area contributed by atoms with Gasteiger partial charge < -0.3 is 15.1 Å². The quantitative estimate of drug-likeness (QED) is 0.673. The van der Waals surface area contributed by atoms with Gasteiger partial charge in [-0.2, -0.15) is 0 Å². The molecule has 0 radical (unpaired) electrons. The Labute approximate surface area is 162 Å². The van der Waals surface area contributed by atoms with Gasteiger partial charge in [0, 0.05) is 18.7 Å². The number of fused-ring (bicyclic) bond motifs is 1. The smallest absolute Gasteiger partial charge is 0.318 e. The van der Waals surface area contributed by atoms with E-state index in [1.54, 1.807) is 34.4 Å². The standard InChI is InChI=1S/C20H23FN4OS/c1-24(2)11-12-25(14-15-7-3-4-8-16(15)21)20(26)22-13-19-23-17-9-5-6-10-18(17)27-19/h3-10H,11-14H2,1-2H3,(H,22,26). The first kappa shape index (κ1) is 19.3. The Morgan fingerprint density at radius 1 is 1.11 bits per heavy atom. The van der Waals surface area contributed by atoms with E-state index < -0.39 is 0 Å². The summed E-state index contributed by atoms with van der Waals surface area (Å²) in [6.07, 6.45) is 0. The second kappa shape index (κ2) is 8.92. The number of para-hydroxylation sites is 1. The number of halogens is 1. The predicted molar refractivity (Wildman–Crippen MR) is 107 cm³/mol. The van der Waals surface area contributed by atoms with Crippen molar-refractivity contribution < 1.29 is 9.18 Å². The van der Waals surface area contributed by atoms with Gasteiger partial charge in [-0.25, -0.2) is 14.2 Å². The number of aromatic nitrogens is 1. The third kappa shape index (κ3) is 5.24. The molecule has 2 aromatic carbocycles. The zero-order chi connectivity index (χ0) is 19.2. The molecule has 1 aromatic heterocycles. The van der Waals surface area contributed by atoms with Gasteiger partial charge in [-0.1, -0.05) is 30.3 Å². The number of hydrogen-bond donors (Lipinski definition) is 1. The predicted octanol–water partition coefficient (Wildman–Crippen LogP) is 3.71. The summed E-state index contributed by atoms with van der Waals surface area (Å²) < 4.78 is 15.1. The van der Waals surface area contributed by atoms with Gasteiger partial charge in [0.2, 0.25) is 0 Å². The highest BCUT2D eigenvalue weighted by Gasteiger charge is 2.16. The van der Waals surface area contributed by atoms with E-state index in [1.165, 1.54) is 6.07 Å². The van der Waals surface area contributed by atoms with Gasteiger partial charge in [-0.15, -0.1) is 11.3 Å². The fourth-order valence-electron chi connectivity index (χ4n) is 2.66. The Morgan fingerprint density at radius 2 is 1.85 bits per heavy atom. The van der Waals surface area contributed by atoms with Crippen molar-refractivity contribution in [3.05, 3.63) is 64.9 Å². The molecule has 1 heterocycles. The number of nitrogens with zero attached hydrogens (tertiary/aromatic N) is 3. The van der Waals surface area contributed by atoms with Crippen LogP contribution in [0.3, 0.4) is 0 Å². The number of rotatable bonds is 7. The Bertz CT molecular complexity index is 879. The first-order chi connectivity index (χ1) is 13.0. The fraction of sp³-hybridized carbons (Fsp3) is 0.300. The average Bonchev–Trinajstić information content (AvgIpc) is 3.07. The molecule has 5 nitrogen and oxygen atoms in total. The summed E-state index contributed by atoms with van der Waals surface area (Å²) in [7, 11) is 3.89. The van der Waals surface area contributed by atoms with E-state index >= 15 is 0 Å². The van der Waals surface area contributed by atoms with Crippen LogP contribution in [0.4, 0.5) is 9.18 Å². The van der Waals surface area contributed by atoms with Crippen LogP contribution < -0.4 is 5.32 Å². The van der Waals surface area contributed by atoms with Gasteiger partial charge in [-0.05, 0) is 32.3 Å². The molecule has 2 amide bonds. The van der Waals surface area contributed by atoms with Crippen LogP contribution in [0.15, 0.2) is 48.5 Å². The Hall–Kier alpha value is -2.51. The van der Waals surface area contributed by atoms with Gasteiger partial charge in [0.15, 0.2) is 0 Å². The summed E-state index contributed by atoms with van der Waals surface area (Å²) >= 11 is 1.56. The number of carbonyl (C=O) groups is 1. The van der Waals surface area contributed by atoms with Gasteiger partial charge in [-0.3, -0.25) is 0 Å². The largest absolute Gasteiger partial charge is 0.331 e. The first-order valence-electron chi connectivity index (χ1n) is 8.78. The third-order valence-corrected chi connectivity index (χ3v) is 5.19. The van der Waals surface area contributed by atoms with Crippen LogP contribution in [0.25, 0.3) is 10.2 Å². The van der Waals surface area contributed by atoms with Gasteiger partial charge in [0.05, 0.1) is 23.3 Å². The van der Waals surface area contributed by atoms with Crippen molar-refractivity contribution in [1.29, 1.82) is 0 Å². The lowest BCUT2D eigenvalue weighted by Crippen LogP contribution is -2.42. The molecule has 0 atom stereocenters. The highest BCUT2D eigenvalue weighted by atomic mass is 32.1. The molecule has 27 heavy (non-hydrogen) atoms. The number of likely N-dealkylation sites (N-methyl/N-ethyl adjacent to an activating group) is 1. The van der Waals surface area contributed by atoms with Crippen molar-refractivity contribution in [2.24, 2.45) is 0 Å². The van der Waals surface area contributed by atoms with Gasteiger partial charge in [0.1, 0.15) is 10.8 Å². The number of urea groups is 1. The van der Waals surface area contributed by atoms with Crippen LogP contribution in [-0.4, -0.2) is 48.0 Å². The minimum absolute atomic E-state index is 0.223. The van der Waals surface area contributed by atoms with Crippen molar-refractivity contribution in [2.75, 3.05) is 27.2 Å².